The van der Waals surface area contributed by atoms with E-state index in [0.717, 1.165) is 12.8 Å². The van der Waals surface area contributed by atoms with Gasteiger partial charge in [-0.05, 0) is 44.0 Å². The number of hydrogen-bond acceptors (Lipinski definition) is 8. The molecule has 13 heteroatoms. The number of esters is 1. The van der Waals surface area contributed by atoms with Crippen LogP contribution in [-0.2, 0) is 16.3 Å². The van der Waals surface area contributed by atoms with Crippen molar-refractivity contribution in [3.63, 3.8) is 0 Å². The first-order valence-electron chi connectivity index (χ1n) is 11.5. The van der Waals surface area contributed by atoms with E-state index in [-0.39, 0.29) is 12.4 Å². The summed E-state index contributed by atoms with van der Waals surface area (Å²) in [6, 6.07) is 5.44. The third-order valence-electron chi connectivity index (χ3n) is 5.75. The quantitative estimate of drug-likeness (QED) is 0.252. The van der Waals surface area contributed by atoms with Crippen LogP contribution in [0.5, 0.6) is 0 Å². The Morgan fingerprint density at radius 2 is 2.22 bits per heavy atom. The fourth-order valence-electron chi connectivity index (χ4n) is 3.61. The largest absolute Gasteiger partial charge is 0.443 e. The Morgan fingerprint density at radius 1 is 1.43 bits per heavy atom. The summed E-state index contributed by atoms with van der Waals surface area (Å²) >= 11 is 6.04. The second kappa shape index (κ2) is 9.71. The van der Waals surface area contributed by atoms with Crippen molar-refractivity contribution in [2.75, 3.05) is 10.6 Å². The number of carbonyl (C=O) groups excluding carboxylic acids is 1. The SMILES string of the molecule is C=c1/c(=C/c2cnn3c(NC4CC4)cc(Nc4cc(Cl)ccc4F)nc23)[nH]c(=O)n1COC(=O)C(C)N. The van der Waals surface area contributed by atoms with E-state index < -0.39 is 23.5 Å². The summed E-state index contributed by atoms with van der Waals surface area (Å²) in [7, 11) is 0. The van der Waals surface area contributed by atoms with Gasteiger partial charge in [0, 0.05) is 22.7 Å². The highest BCUT2D eigenvalue weighted by atomic mass is 35.5. The lowest BCUT2D eigenvalue weighted by atomic mass is 10.3. The molecule has 11 nitrogen and oxygen atoms in total. The van der Waals surface area contributed by atoms with Gasteiger partial charge in [-0.15, -0.1) is 0 Å². The zero-order valence-electron chi connectivity index (χ0n) is 19.8. The van der Waals surface area contributed by atoms with Gasteiger partial charge in [-0.3, -0.25) is 9.36 Å². The number of aromatic nitrogens is 5. The molecular formula is C24H24ClFN8O3. The van der Waals surface area contributed by atoms with E-state index in [4.69, 9.17) is 22.1 Å². The molecule has 0 saturated heterocycles. The monoisotopic (exact) mass is 526 g/mol. The molecule has 1 aliphatic rings. The minimum Gasteiger partial charge on any atom is -0.443 e. The minimum absolute atomic E-state index is 0.176. The van der Waals surface area contributed by atoms with Gasteiger partial charge < -0.3 is 26.1 Å². The van der Waals surface area contributed by atoms with Crippen molar-refractivity contribution >= 4 is 53.2 Å². The number of halogens is 2. The summed E-state index contributed by atoms with van der Waals surface area (Å²) in [4.78, 5) is 31.5. The first-order chi connectivity index (χ1) is 17.7. The molecule has 1 atom stereocenters. The summed E-state index contributed by atoms with van der Waals surface area (Å²) < 4.78 is 22.2. The van der Waals surface area contributed by atoms with Crippen LogP contribution in [0.4, 0.5) is 21.7 Å². The lowest BCUT2D eigenvalue weighted by Gasteiger charge is -2.12. The Kier molecular flexibility index (Phi) is 6.44. The molecule has 1 unspecified atom stereocenters. The normalized spacial score (nSPS) is 14.6. The fourth-order valence-corrected chi connectivity index (χ4v) is 3.78. The predicted octanol–water partition coefficient (Wildman–Crippen LogP) is 1.42. The fraction of sp³-hybridized carbons (Fsp3) is 0.250. The van der Waals surface area contributed by atoms with Gasteiger partial charge in [-0.1, -0.05) is 18.2 Å². The number of imidazole rings is 1. The Morgan fingerprint density at radius 3 is 2.95 bits per heavy atom. The van der Waals surface area contributed by atoms with Crippen molar-refractivity contribution in [1.82, 2.24) is 24.1 Å². The summed E-state index contributed by atoms with van der Waals surface area (Å²) in [6.07, 6.45) is 5.31. The number of H-pyrrole nitrogens is 1. The summed E-state index contributed by atoms with van der Waals surface area (Å²) in [6.45, 7) is 5.09. The van der Waals surface area contributed by atoms with Crippen molar-refractivity contribution in [2.24, 2.45) is 5.73 Å². The highest BCUT2D eigenvalue weighted by Gasteiger charge is 2.23. The van der Waals surface area contributed by atoms with Crippen LogP contribution in [-0.4, -0.2) is 42.2 Å². The molecule has 1 aliphatic carbocycles. The Balaban J connectivity index is 1.55. The van der Waals surface area contributed by atoms with Crippen LogP contribution in [0.2, 0.25) is 5.02 Å². The standard InChI is InChI=1S/C24H24ClFN8O3/c1-12(27)23(35)37-11-33-13(2)18(31-24(33)36)7-14-10-28-34-21(29-16-4-5-16)9-20(32-22(14)34)30-19-8-15(25)3-6-17(19)26/h3,6-10,12,16,29H,2,4-5,11,27H2,1H3,(H,30,32)(H,31,36)/b18-7-. The van der Waals surface area contributed by atoms with Gasteiger partial charge in [0.1, 0.15) is 23.5 Å². The second-order valence-corrected chi connectivity index (χ2v) is 9.21. The second-order valence-electron chi connectivity index (χ2n) is 8.77. The van der Waals surface area contributed by atoms with Gasteiger partial charge in [-0.2, -0.15) is 9.61 Å². The number of nitrogens with one attached hydrogen (secondary N) is 3. The van der Waals surface area contributed by atoms with Gasteiger partial charge in [0.05, 0.1) is 22.6 Å². The van der Waals surface area contributed by atoms with Crippen molar-refractivity contribution in [2.45, 2.75) is 38.6 Å². The van der Waals surface area contributed by atoms with Crippen LogP contribution in [0.1, 0.15) is 25.3 Å². The molecule has 5 N–H and O–H groups in total. The van der Waals surface area contributed by atoms with Gasteiger partial charge in [-0.25, -0.2) is 14.2 Å². The summed E-state index contributed by atoms with van der Waals surface area (Å²) in [5.41, 5.74) is 6.19. The van der Waals surface area contributed by atoms with E-state index in [0.29, 0.717) is 44.6 Å². The molecule has 0 bridgehead atoms. The van der Waals surface area contributed by atoms with Crippen LogP contribution in [0, 0.1) is 5.82 Å². The number of benzene rings is 1. The van der Waals surface area contributed by atoms with E-state index in [1.807, 2.05) is 0 Å². The van der Waals surface area contributed by atoms with Crippen molar-refractivity contribution in [3.8, 4) is 0 Å². The first-order valence-corrected chi connectivity index (χ1v) is 11.9. The highest BCUT2D eigenvalue weighted by molar-refractivity contribution is 6.30. The van der Waals surface area contributed by atoms with Gasteiger partial charge in [0.2, 0.25) is 0 Å². The number of nitrogens with two attached hydrogens (primary N) is 1. The number of nitrogens with zero attached hydrogens (tertiary/aromatic N) is 4. The van der Waals surface area contributed by atoms with E-state index in [1.165, 1.54) is 29.7 Å². The first kappa shape index (κ1) is 24.5. The molecule has 1 fully saturated rings. The number of rotatable bonds is 8. The third kappa shape index (κ3) is 5.20. The molecular weight excluding hydrogens is 503 g/mol. The highest BCUT2D eigenvalue weighted by Crippen LogP contribution is 2.29. The molecule has 3 aromatic heterocycles. The molecule has 1 saturated carbocycles. The maximum Gasteiger partial charge on any atom is 0.329 e. The molecule has 37 heavy (non-hydrogen) atoms. The van der Waals surface area contributed by atoms with Crippen molar-refractivity contribution < 1.29 is 13.9 Å². The molecule has 0 spiro atoms. The number of carbonyl (C=O) groups is 1. The van der Waals surface area contributed by atoms with Crippen molar-refractivity contribution in [3.05, 3.63) is 68.0 Å². The minimum atomic E-state index is -0.819. The topological polar surface area (TPSA) is 144 Å². The molecule has 0 radical (unpaired) electrons. The molecule has 192 valence electrons. The van der Waals surface area contributed by atoms with E-state index in [1.54, 1.807) is 22.9 Å². The Hall–Kier alpha value is -4.16. The van der Waals surface area contributed by atoms with Gasteiger partial charge in [0.25, 0.3) is 0 Å². The van der Waals surface area contributed by atoms with E-state index in [9.17, 15) is 14.0 Å². The summed E-state index contributed by atoms with van der Waals surface area (Å²) in [5, 5.41) is 11.9. The molecule has 0 aliphatic heterocycles. The van der Waals surface area contributed by atoms with Crippen LogP contribution in [0.25, 0.3) is 18.3 Å². The van der Waals surface area contributed by atoms with Crippen LogP contribution < -0.4 is 32.8 Å². The Labute approximate surface area is 214 Å². The van der Waals surface area contributed by atoms with Crippen LogP contribution >= 0.6 is 11.6 Å². The number of fused-ring (bicyclic) bond motifs is 1. The maximum atomic E-state index is 14.4. The van der Waals surface area contributed by atoms with Gasteiger partial charge >= 0.3 is 11.7 Å². The Bertz CT molecular complexity index is 1670. The molecule has 4 aromatic rings. The predicted molar refractivity (Wildman–Crippen MR) is 137 cm³/mol. The number of ether oxygens (including phenoxy) is 1. The van der Waals surface area contributed by atoms with E-state index in [2.05, 4.69) is 32.3 Å². The number of anilines is 3. The number of hydrogen-bond donors (Lipinski definition) is 4. The molecule has 0 amide bonds. The zero-order chi connectivity index (χ0) is 26.3. The van der Waals surface area contributed by atoms with E-state index >= 15 is 0 Å². The lowest BCUT2D eigenvalue weighted by Crippen LogP contribution is -2.35. The third-order valence-corrected chi connectivity index (χ3v) is 5.99. The molecule has 5 rings (SSSR count). The lowest BCUT2D eigenvalue weighted by molar-refractivity contribution is -0.148. The van der Waals surface area contributed by atoms with Gasteiger partial charge in [0.15, 0.2) is 12.4 Å². The average Bonchev–Trinajstić information content (AvgIpc) is 3.52. The maximum absolute atomic E-state index is 14.4. The number of aromatic amines is 1. The summed E-state index contributed by atoms with van der Waals surface area (Å²) in [5.74, 6) is -0.0818. The zero-order valence-corrected chi connectivity index (χ0v) is 20.6. The van der Waals surface area contributed by atoms with Crippen LogP contribution in [0.3, 0.4) is 0 Å². The molecule has 3 heterocycles. The molecule has 1 aromatic carbocycles. The average molecular weight is 527 g/mol. The van der Waals surface area contributed by atoms with Crippen molar-refractivity contribution in [1.29, 1.82) is 0 Å². The van der Waals surface area contributed by atoms with Crippen LogP contribution in [0.15, 0.2) is 35.3 Å². The smallest absolute Gasteiger partial charge is 0.329 e.